The molecule has 1 N–H and O–H groups in total. The zero-order chi connectivity index (χ0) is 24.8. The summed E-state index contributed by atoms with van der Waals surface area (Å²) in [4.78, 5) is 4.53. The van der Waals surface area contributed by atoms with Crippen LogP contribution in [-0.4, -0.2) is 40.8 Å². The molecule has 2 aromatic carbocycles. The summed E-state index contributed by atoms with van der Waals surface area (Å²) in [5, 5.41) is 13.0. The number of pyridine rings is 1. The number of hydrogen-bond donors (Lipinski definition) is 1. The van der Waals surface area contributed by atoms with E-state index in [0.29, 0.717) is 11.8 Å². The van der Waals surface area contributed by atoms with Crippen LogP contribution < -0.4 is 4.74 Å². The molecule has 6 rings (SSSR count). The average Bonchev–Trinajstić information content (AvgIpc) is 2.87. The number of quaternary nitrogens is 1. The standard InChI is InChI=1S/C31H39N2O2/c1-6-22-20-33(19-21-11-12-26(31(2,3)4)29(17-21)35-5)16-14-23(22)18-28(33)30(34)25-13-15-32-27-10-8-7-9-24(25)27/h6-13,15,17,22-23,28,30,34H,1,14,16,18-20H2,2-5H3/q+1/t22-,23?,28-,30+,33?/m0/s1. The lowest BCUT2D eigenvalue weighted by Crippen LogP contribution is -2.67. The maximum absolute atomic E-state index is 11.9. The van der Waals surface area contributed by atoms with Crippen LogP contribution in [0.25, 0.3) is 10.9 Å². The van der Waals surface area contributed by atoms with E-state index in [4.69, 9.17) is 4.74 Å². The highest BCUT2D eigenvalue weighted by Crippen LogP contribution is 2.48. The summed E-state index contributed by atoms with van der Waals surface area (Å²) >= 11 is 0. The van der Waals surface area contributed by atoms with Crippen molar-refractivity contribution in [3.8, 4) is 5.75 Å². The number of rotatable bonds is 6. The number of methoxy groups -OCH3 is 1. The molecule has 4 heterocycles. The van der Waals surface area contributed by atoms with Gasteiger partial charge in [-0.3, -0.25) is 4.98 Å². The van der Waals surface area contributed by atoms with Crippen LogP contribution in [0.5, 0.6) is 5.75 Å². The summed E-state index contributed by atoms with van der Waals surface area (Å²) in [6.07, 6.45) is 5.67. The van der Waals surface area contributed by atoms with Gasteiger partial charge in [-0.1, -0.05) is 57.2 Å². The largest absolute Gasteiger partial charge is 0.496 e. The highest BCUT2D eigenvalue weighted by atomic mass is 16.5. The van der Waals surface area contributed by atoms with Crippen molar-refractivity contribution in [2.45, 2.75) is 57.7 Å². The minimum absolute atomic E-state index is 0.0228. The summed E-state index contributed by atoms with van der Waals surface area (Å²) in [5.41, 5.74) is 4.47. The van der Waals surface area contributed by atoms with Crippen molar-refractivity contribution < 1.29 is 14.3 Å². The third-order valence-electron chi connectivity index (χ3n) is 8.61. The Morgan fingerprint density at radius 3 is 2.74 bits per heavy atom. The number of fused-ring (bicyclic) bond motifs is 4. The van der Waals surface area contributed by atoms with E-state index in [9.17, 15) is 5.11 Å². The van der Waals surface area contributed by atoms with Crippen molar-refractivity contribution in [1.82, 2.24) is 4.98 Å². The van der Waals surface area contributed by atoms with Gasteiger partial charge in [-0.05, 0) is 40.7 Å². The van der Waals surface area contributed by atoms with Crippen LogP contribution in [0.15, 0.2) is 67.4 Å². The number of para-hydroxylation sites is 1. The molecule has 4 nitrogen and oxygen atoms in total. The molecule has 3 aromatic rings. The van der Waals surface area contributed by atoms with Crippen molar-refractivity contribution in [3.05, 3.63) is 84.1 Å². The summed E-state index contributed by atoms with van der Waals surface area (Å²) in [7, 11) is 1.77. The Balaban J connectivity index is 1.54. The number of aliphatic hydroxyl groups excluding tert-OH is 1. The first kappa shape index (κ1) is 24.0. The molecule has 0 spiro atoms. The number of nitrogens with zero attached hydrogens (tertiary/aromatic N) is 2. The highest BCUT2D eigenvalue weighted by molar-refractivity contribution is 5.82. The van der Waals surface area contributed by atoms with Crippen LogP contribution in [0.4, 0.5) is 0 Å². The van der Waals surface area contributed by atoms with Crippen molar-refractivity contribution in [2.75, 3.05) is 20.2 Å². The molecule has 3 saturated heterocycles. The van der Waals surface area contributed by atoms with Gasteiger partial charge in [0.15, 0.2) is 0 Å². The quantitative estimate of drug-likeness (QED) is 0.344. The third kappa shape index (κ3) is 4.28. The zero-order valence-corrected chi connectivity index (χ0v) is 21.6. The fourth-order valence-electron chi connectivity index (χ4n) is 6.78. The second-order valence-corrected chi connectivity index (χ2v) is 11.7. The van der Waals surface area contributed by atoms with E-state index in [-0.39, 0.29) is 11.5 Å². The SMILES string of the molecule is C=C[C@H]1C[N+]2(Cc3ccc(C(C)(C)C)c(OC)c3)CCC1C[C@H]2[C@H](O)c1ccnc2ccccc12. The Kier molecular flexibility index (Phi) is 6.23. The summed E-state index contributed by atoms with van der Waals surface area (Å²) in [6.45, 7) is 13.9. The van der Waals surface area contributed by atoms with Crippen molar-refractivity contribution in [3.63, 3.8) is 0 Å². The van der Waals surface area contributed by atoms with E-state index < -0.39 is 6.10 Å². The smallest absolute Gasteiger partial charge is 0.131 e. The van der Waals surface area contributed by atoms with Crippen LogP contribution in [-0.2, 0) is 12.0 Å². The first-order valence-electron chi connectivity index (χ1n) is 12.9. The molecule has 3 fully saturated rings. The second-order valence-electron chi connectivity index (χ2n) is 11.7. The molecule has 35 heavy (non-hydrogen) atoms. The fraction of sp³-hybridized carbons (Fsp3) is 0.452. The Hall–Kier alpha value is -2.69. The predicted molar refractivity (Wildman–Crippen MR) is 142 cm³/mol. The van der Waals surface area contributed by atoms with Crippen LogP contribution in [0, 0.1) is 11.8 Å². The summed E-state index contributed by atoms with van der Waals surface area (Å²) in [6, 6.07) is 17.0. The minimum atomic E-state index is -0.535. The molecule has 0 saturated carbocycles. The molecule has 0 amide bonds. The van der Waals surface area contributed by atoms with Gasteiger partial charge in [-0.15, -0.1) is 6.58 Å². The van der Waals surface area contributed by atoms with E-state index in [1.165, 1.54) is 17.5 Å². The Morgan fingerprint density at radius 2 is 2.00 bits per heavy atom. The van der Waals surface area contributed by atoms with Crippen LogP contribution >= 0.6 is 0 Å². The molecule has 4 heteroatoms. The number of aliphatic hydroxyl groups is 1. The number of aromatic nitrogens is 1. The van der Waals surface area contributed by atoms with Gasteiger partial charge in [0.25, 0.3) is 0 Å². The normalized spacial score (nSPS) is 27.1. The second kappa shape index (κ2) is 9.07. The molecule has 0 radical (unpaired) electrons. The maximum atomic E-state index is 11.9. The lowest BCUT2D eigenvalue weighted by molar-refractivity contribution is -0.984. The van der Waals surface area contributed by atoms with Crippen LogP contribution in [0.2, 0.25) is 0 Å². The highest BCUT2D eigenvalue weighted by Gasteiger charge is 2.54. The van der Waals surface area contributed by atoms with E-state index >= 15 is 0 Å². The van der Waals surface area contributed by atoms with E-state index in [1.54, 1.807) is 7.11 Å². The van der Waals surface area contributed by atoms with Gasteiger partial charge in [0.2, 0.25) is 0 Å². The van der Waals surface area contributed by atoms with Crippen LogP contribution in [0.3, 0.4) is 0 Å². The summed E-state index contributed by atoms with van der Waals surface area (Å²) in [5.74, 6) is 2.05. The van der Waals surface area contributed by atoms with Gasteiger partial charge in [-0.2, -0.15) is 0 Å². The predicted octanol–water partition coefficient (Wildman–Crippen LogP) is 6.19. The molecule has 2 bridgehead atoms. The van der Waals surface area contributed by atoms with E-state index in [2.05, 4.69) is 62.7 Å². The Morgan fingerprint density at radius 1 is 1.20 bits per heavy atom. The number of hydrogen-bond acceptors (Lipinski definition) is 3. The summed E-state index contributed by atoms with van der Waals surface area (Å²) < 4.78 is 6.72. The van der Waals surface area contributed by atoms with E-state index in [1.807, 2.05) is 30.5 Å². The molecule has 184 valence electrons. The molecule has 0 aliphatic carbocycles. The Labute approximate surface area is 209 Å². The van der Waals surface area contributed by atoms with Gasteiger partial charge in [0, 0.05) is 35.9 Å². The Bertz CT molecular complexity index is 1220. The van der Waals surface area contributed by atoms with Gasteiger partial charge >= 0.3 is 0 Å². The lowest BCUT2D eigenvalue weighted by atomic mass is 9.71. The molecule has 2 unspecified atom stereocenters. The van der Waals surface area contributed by atoms with Crippen molar-refractivity contribution in [1.29, 1.82) is 0 Å². The monoisotopic (exact) mass is 471 g/mol. The third-order valence-corrected chi connectivity index (χ3v) is 8.61. The maximum Gasteiger partial charge on any atom is 0.131 e. The first-order chi connectivity index (χ1) is 16.8. The van der Waals surface area contributed by atoms with Crippen LogP contribution in [0.1, 0.15) is 56.4 Å². The topological polar surface area (TPSA) is 42.4 Å². The molecule has 1 aromatic heterocycles. The van der Waals surface area contributed by atoms with Gasteiger partial charge in [0.1, 0.15) is 24.4 Å². The number of ether oxygens (including phenoxy) is 1. The van der Waals surface area contributed by atoms with Gasteiger partial charge in [-0.25, -0.2) is 0 Å². The molecule has 3 aliphatic heterocycles. The minimum Gasteiger partial charge on any atom is -0.496 e. The number of benzene rings is 2. The fourth-order valence-corrected chi connectivity index (χ4v) is 6.78. The van der Waals surface area contributed by atoms with E-state index in [0.717, 1.165) is 52.8 Å². The van der Waals surface area contributed by atoms with Gasteiger partial charge in [0.05, 0.1) is 25.7 Å². The molecule has 3 aliphatic rings. The first-order valence-corrected chi connectivity index (χ1v) is 12.9. The average molecular weight is 472 g/mol. The number of piperidine rings is 3. The molecule has 5 atom stereocenters. The zero-order valence-electron chi connectivity index (χ0n) is 21.6. The molecular weight excluding hydrogens is 432 g/mol. The lowest BCUT2D eigenvalue weighted by Gasteiger charge is -2.58. The van der Waals surface area contributed by atoms with Gasteiger partial charge < -0.3 is 14.3 Å². The van der Waals surface area contributed by atoms with Crippen molar-refractivity contribution in [2.24, 2.45) is 11.8 Å². The van der Waals surface area contributed by atoms with Crippen molar-refractivity contribution >= 4 is 10.9 Å². The molecular formula is C31H39N2O2+.